The topological polar surface area (TPSA) is 39.1 Å². The summed E-state index contributed by atoms with van der Waals surface area (Å²) in [5, 5.41) is 9.41. The van der Waals surface area contributed by atoms with Crippen molar-refractivity contribution in [3.05, 3.63) is 11.3 Å². The first-order valence-corrected chi connectivity index (χ1v) is 9.69. The number of amidine groups is 1. The third kappa shape index (κ3) is 4.28. The zero-order valence-electron chi connectivity index (χ0n) is 17.9. The Morgan fingerprint density at radius 3 is 2.00 bits per heavy atom. The average Bonchev–Trinajstić information content (AvgIpc) is 2.42. The number of hydrogen-bond acceptors (Lipinski definition) is 4. The van der Waals surface area contributed by atoms with Crippen molar-refractivity contribution in [2.45, 2.75) is 68.4 Å². The molecule has 2 heterocycles. The van der Waals surface area contributed by atoms with Gasteiger partial charge in [0.25, 0.3) is 0 Å². The average molecular weight is 350 g/mol. The minimum absolute atomic E-state index is 0.0251. The second-order valence-electron chi connectivity index (χ2n) is 10.7. The van der Waals surface area contributed by atoms with E-state index in [2.05, 4.69) is 72.1 Å². The minimum atomic E-state index is 0.0251. The lowest BCUT2D eigenvalue weighted by Gasteiger charge is -2.51. The molecule has 2 aliphatic rings. The Kier molecular flexibility index (Phi) is 5.48. The van der Waals surface area contributed by atoms with Crippen molar-refractivity contribution in [1.82, 2.24) is 9.80 Å². The SMILES string of the molecule is CC(C)(C)C1=N[C@@H](C(C)(C)C)C(C(C)(C)C)=C2CN(CCO)CCN12. The van der Waals surface area contributed by atoms with E-state index in [4.69, 9.17) is 4.99 Å². The highest BCUT2D eigenvalue weighted by Crippen LogP contribution is 2.45. The van der Waals surface area contributed by atoms with Gasteiger partial charge in [-0.1, -0.05) is 62.3 Å². The predicted molar refractivity (Wildman–Crippen MR) is 107 cm³/mol. The van der Waals surface area contributed by atoms with E-state index < -0.39 is 0 Å². The number of piperazine rings is 1. The molecule has 1 saturated heterocycles. The smallest absolute Gasteiger partial charge is 0.109 e. The van der Waals surface area contributed by atoms with Crippen LogP contribution in [-0.4, -0.2) is 59.6 Å². The Bertz CT molecular complexity index is 555. The molecule has 0 aromatic rings. The van der Waals surface area contributed by atoms with Crippen molar-refractivity contribution in [2.24, 2.45) is 21.2 Å². The number of fused-ring (bicyclic) bond motifs is 1. The van der Waals surface area contributed by atoms with E-state index in [1.54, 1.807) is 0 Å². The monoisotopic (exact) mass is 349 g/mol. The van der Waals surface area contributed by atoms with Crippen molar-refractivity contribution in [1.29, 1.82) is 0 Å². The third-order valence-corrected chi connectivity index (χ3v) is 5.15. The maximum absolute atomic E-state index is 9.41. The number of aliphatic imine (C=N–C) groups is 1. The molecular weight excluding hydrogens is 310 g/mol. The Hall–Kier alpha value is -0.870. The van der Waals surface area contributed by atoms with Gasteiger partial charge in [0.05, 0.1) is 12.6 Å². The van der Waals surface area contributed by atoms with Crippen LogP contribution in [0.25, 0.3) is 0 Å². The predicted octanol–water partition coefficient (Wildman–Crippen LogP) is 3.77. The van der Waals surface area contributed by atoms with Gasteiger partial charge in [-0.3, -0.25) is 9.89 Å². The van der Waals surface area contributed by atoms with Crippen molar-refractivity contribution >= 4 is 5.84 Å². The fourth-order valence-electron chi connectivity index (χ4n) is 4.03. The van der Waals surface area contributed by atoms with Crippen LogP contribution in [0.5, 0.6) is 0 Å². The largest absolute Gasteiger partial charge is 0.395 e. The highest BCUT2D eigenvalue weighted by Gasteiger charge is 2.44. The zero-order valence-corrected chi connectivity index (χ0v) is 17.9. The summed E-state index contributed by atoms with van der Waals surface area (Å²) >= 11 is 0. The first kappa shape index (κ1) is 20.4. The van der Waals surface area contributed by atoms with Crippen LogP contribution in [0, 0.1) is 16.2 Å². The van der Waals surface area contributed by atoms with E-state index in [0.29, 0.717) is 0 Å². The number of hydrogen-bond donors (Lipinski definition) is 1. The van der Waals surface area contributed by atoms with Crippen LogP contribution in [-0.2, 0) is 0 Å². The summed E-state index contributed by atoms with van der Waals surface area (Å²) in [7, 11) is 0. The normalized spacial score (nSPS) is 23.7. The molecule has 0 spiro atoms. The maximum Gasteiger partial charge on any atom is 0.109 e. The summed E-state index contributed by atoms with van der Waals surface area (Å²) in [5.41, 5.74) is 3.07. The first-order chi connectivity index (χ1) is 11.3. The summed E-state index contributed by atoms with van der Waals surface area (Å²) < 4.78 is 0. The molecule has 0 amide bonds. The van der Waals surface area contributed by atoms with E-state index >= 15 is 0 Å². The second kappa shape index (κ2) is 6.70. The lowest BCUT2D eigenvalue weighted by Crippen LogP contribution is -2.55. The van der Waals surface area contributed by atoms with E-state index in [0.717, 1.165) is 26.2 Å². The summed E-state index contributed by atoms with van der Waals surface area (Å²) in [6.45, 7) is 24.5. The van der Waals surface area contributed by atoms with Gasteiger partial charge in [-0.25, -0.2) is 0 Å². The number of β-amino-alcohol motifs (C(OH)–C–C–N with tert-alkyl or cyclic N) is 1. The molecular formula is C21H39N3O. The van der Waals surface area contributed by atoms with Gasteiger partial charge in [0.15, 0.2) is 0 Å². The van der Waals surface area contributed by atoms with Gasteiger partial charge >= 0.3 is 0 Å². The quantitative estimate of drug-likeness (QED) is 0.825. The Balaban J connectivity index is 2.62. The summed E-state index contributed by atoms with van der Waals surface area (Å²) in [4.78, 5) is 10.2. The number of nitrogens with zero attached hydrogens (tertiary/aromatic N) is 3. The van der Waals surface area contributed by atoms with Crippen molar-refractivity contribution < 1.29 is 5.11 Å². The molecule has 0 bridgehead atoms. The van der Waals surface area contributed by atoms with Gasteiger partial charge < -0.3 is 10.0 Å². The molecule has 0 aromatic carbocycles. The highest BCUT2D eigenvalue weighted by molar-refractivity contribution is 5.90. The second-order valence-corrected chi connectivity index (χ2v) is 10.7. The third-order valence-electron chi connectivity index (χ3n) is 5.15. The maximum atomic E-state index is 9.41. The molecule has 144 valence electrons. The molecule has 1 atom stereocenters. The minimum Gasteiger partial charge on any atom is -0.395 e. The van der Waals surface area contributed by atoms with E-state index in [9.17, 15) is 5.11 Å². The van der Waals surface area contributed by atoms with Gasteiger partial charge in [0, 0.05) is 37.3 Å². The molecule has 0 saturated carbocycles. The lowest BCUT2D eigenvalue weighted by atomic mass is 9.70. The lowest BCUT2D eigenvalue weighted by molar-refractivity contribution is 0.157. The fraction of sp³-hybridized carbons (Fsp3) is 0.857. The molecule has 1 fully saturated rings. The molecule has 1 N–H and O–H groups in total. The van der Waals surface area contributed by atoms with Crippen molar-refractivity contribution in [3.8, 4) is 0 Å². The molecule has 2 aliphatic heterocycles. The zero-order chi connectivity index (χ0) is 19.2. The van der Waals surface area contributed by atoms with Gasteiger partial charge in [0.1, 0.15) is 5.84 Å². The Morgan fingerprint density at radius 1 is 0.960 bits per heavy atom. The molecule has 2 rings (SSSR count). The van der Waals surface area contributed by atoms with Crippen LogP contribution in [0.15, 0.2) is 16.3 Å². The van der Waals surface area contributed by atoms with Crippen LogP contribution in [0.2, 0.25) is 0 Å². The van der Waals surface area contributed by atoms with Crippen LogP contribution in [0.1, 0.15) is 62.3 Å². The molecule has 4 heteroatoms. The number of aliphatic hydroxyl groups excluding tert-OH is 1. The Morgan fingerprint density at radius 2 is 1.56 bits per heavy atom. The summed E-state index contributed by atoms with van der Waals surface area (Å²) in [5.74, 6) is 1.22. The van der Waals surface area contributed by atoms with Gasteiger partial charge in [-0.2, -0.15) is 0 Å². The van der Waals surface area contributed by atoms with Gasteiger partial charge in [-0.15, -0.1) is 0 Å². The van der Waals surface area contributed by atoms with E-state index in [1.807, 2.05) is 0 Å². The molecule has 4 nitrogen and oxygen atoms in total. The molecule has 0 unspecified atom stereocenters. The van der Waals surface area contributed by atoms with Crippen LogP contribution in [0.4, 0.5) is 0 Å². The van der Waals surface area contributed by atoms with Crippen LogP contribution < -0.4 is 0 Å². The number of aliphatic hydroxyl groups is 1. The standard InChI is InChI=1S/C21H39N3O/c1-19(2,3)16-15-14-23(12-13-25)10-11-24(15)18(21(7,8)9)22-17(16)20(4,5)6/h17,25H,10-14H2,1-9H3/t17-/m1/s1. The summed E-state index contributed by atoms with van der Waals surface area (Å²) in [6.07, 6.45) is 0. The fourth-order valence-corrected chi connectivity index (χ4v) is 4.03. The molecule has 0 radical (unpaired) electrons. The van der Waals surface area contributed by atoms with E-state index in [1.165, 1.54) is 17.1 Å². The molecule has 25 heavy (non-hydrogen) atoms. The molecule has 0 aromatic heterocycles. The molecule has 0 aliphatic carbocycles. The summed E-state index contributed by atoms with van der Waals surface area (Å²) in [6, 6.07) is 0.196. The van der Waals surface area contributed by atoms with E-state index in [-0.39, 0.29) is 28.9 Å². The van der Waals surface area contributed by atoms with Crippen molar-refractivity contribution in [2.75, 3.05) is 32.8 Å². The van der Waals surface area contributed by atoms with Crippen LogP contribution >= 0.6 is 0 Å². The van der Waals surface area contributed by atoms with Crippen LogP contribution in [0.3, 0.4) is 0 Å². The van der Waals surface area contributed by atoms with Gasteiger partial charge in [-0.05, 0) is 16.4 Å². The van der Waals surface area contributed by atoms with Crippen molar-refractivity contribution in [3.63, 3.8) is 0 Å². The number of rotatable bonds is 2. The Labute approximate surface area is 155 Å². The highest BCUT2D eigenvalue weighted by atomic mass is 16.3. The van der Waals surface area contributed by atoms with Gasteiger partial charge in [0.2, 0.25) is 0 Å². The first-order valence-electron chi connectivity index (χ1n) is 9.69.